The summed E-state index contributed by atoms with van der Waals surface area (Å²) in [4.78, 5) is 33.6. The van der Waals surface area contributed by atoms with Crippen molar-refractivity contribution >= 4 is 45.1 Å². The monoisotopic (exact) mass is 357 g/mol. The highest BCUT2D eigenvalue weighted by molar-refractivity contribution is 8.00. The Hall–Kier alpha value is -2.25. The molecule has 2 heterocycles. The molecule has 3 rings (SSSR count). The van der Waals surface area contributed by atoms with Crippen molar-refractivity contribution in [2.75, 3.05) is 5.75 Å². The van der Waals surface area contributed by atoms with E-state index in [4.69, 9.17) is 0 Å². The SMILES string of the molecule is CC(=O)NC(=O)CSc1nc(C)nc2sc(-c3ccccc3)cc12. The average Bonchev–Trinajstić information content (AvgIpc) is 2.96. The molecule has 7 heteroatoms. The molecule has 24 heavy (non-hydrogen) atoms. The predicted octanol–water partition coefficient (Wildman–Crippen LogP) is 3.42. The maximum Gasteiger partial charge on any atom is 0.236 e. The van der Waals surface area contributed by atoms with Crippen molar-refractivity contribution in [3.63, 3.8) is 0 Å². The van der Waals surface area contributed by atoms with Gasteiger partial charge in [0.25, 0.3) is 0 Å². The molecule has 0 aliphatic rings. The number of hydrogen-bond donors (Lipinski definition) is 1. The van der Waals surface area contributed by atoms with Crippen LogP contribution >= 0.6 is 23.1 Å². The molecule has 0 saturated heterocycles. The van der Waals surface area contributed by atoms with Gasteiger partial charge in [-0.25, -0.2) is 9.97 Å². The van der Waals surface area contributed by atoms with Gasteiger partial charge in [-0.3, -0.25) is 14.9 Å². The summed E-state index contributed by atoms with van der Waals surface area (Å²) in [5.74, 6) is 0.127. The van der Waals surface area contributed by atoms with Gasteiger partial charge in [-0.15, -0.1) is 11.3 Å². The summed E-state index contributed by atoms with van der Waals surface area (Å²) in [6.45, 7) is 3.15. The van der Waals surface area contributed by atoms with Gasteiger partial charge in [0.2, 0.25) is 11.8 Å². The predicted molar refractivity (Wildman–Crippen MR) is 97.1 cm³/mol. The van der Waals surface area contributed by atoms with Crippen molar-refractivity contribution in [2.45, 2.75) is 18.9 Å². The largest absolute Gasteiger partial charge is 0.296 e. The molecule has 0 aliphatic heterocycles. The average molecular weight is 357 g/mol. The first kappa shape index (κ1) is 16.6. The molecule has 1 N–H and O–H groups in total. The molecule has 2 aromatic heterocycles. The van der Waals surface area contributed by atoms with Gasteiger partial charge < -0.3 is 0 Å². The zero-order valence-electron chi connectivity index (χ0n) is 13.2. The fourth-order valence-corrected chi connectivity index (χ4v) is 4.21. The van der Waals surface area contributed by atoms with Crippen LogP contribution in [0.15, 0.2) is 41.4 Å². The summed E-state index contributed by atoms with van der Waals surface area (Å²) in [5.41, 5.74) is 1.13. The highest BCUT2D eigenvalue weighted by Crippen LogP contribution is 2.36. The van der Waals surface area contributed by atoms with Crippen LogP contribution in [-0.2, 0) is 9.59 Å². The number of rotatable bonds is 4. The maximum atomic E-state index is 11.7. The number of carbonyl (C=O) groups excluding carboxylic acids is 2. The number of aryl methyl sites for hydroxylation is 1. The minimum atomic E-state index is -0.355. The summed E-state index contributed by atoms with van der Waals surface area (Å²) in [7, 11) is 0. The molecule has 1 aromatic carbocycles. The van der Waals surface area contributed by atoms with Gasteiger partial charge in [0, 0.05) is 17.2 Å². The van der Waals surface area contributed by atoms with Crippen molar-refractivity contribution in [1.29, 1.82) is 0 Å². The number of fused-ring (bicyclic) bond motifs is 1. The van der Waals surface area contributed by atoms with Crippen LogP contribution in [0.4, 0.5) is 0 Å². The lowest BCUT2D eigenvalue weighted by Gasteiger charge is -2.03. The Balaban J connectivity index is 1.91. The molecule has 0 fully saturated rings. The molecule has 0 unspecified atom stereocenters. The van der Waals surface area contributed by atoms with E-state index in [-0.39, 0.29) is 17.6 Å². The molecule has 0 radical (unpaired) electrons. The van der Waals surface area contributed by atoms with E-state index in [1.807, 2.05) is 25.1 Å². The van der Waals surface area contributed by atoms with Crippen molar-refractivity contribution in [3.8, 4) is 10.4 Å². The maximum absolute atomic E-state index is 11.7. The molecular formula is C17H15N3O2S2. The number of imide groups is 1. The molecule has 0 spiro atoms. The number of aromatic nitrogens is 2. The van der Waals surface area contributed by atoms with E-state index in [0.717, 1.165) is 25.7 Å². The molecule has 0 bridgehead atoms. The Morgan fingerprint density at radius 1 is 1.21 bits per heavy atom. The molecule has 0 aliphatic carbocycles. The highest BCUT2D eigenvalue weighted by atomic mass is 32.2. The van der Waals surface area contributed by atoms with Gasteiger partial charge in [-0.1, -0.05) is 42.1 Å². The fourth-order valence-electron chi connectivity index (χ4n) is 2.22. The molecule has 3 aromatic rings. The van der Waals surface area contributed by atoms with Gasteiger partial charge in [0.1, 0.15) is 15.7 Å². The number of thioether (sulfide) groups is 1. The number of carbonyl (C=O) groups is 2. The standard InChI is InChI=1S/C17H15N3O2S2/c1-10-18-16(23-9-15(22)20-11(2)21)13-8-14(24-17(13)19-10)12-6-4-3-5-7-12/h3-8H,9H2,1-2H3,(H,20,21,22). The molecule has 2 amide bonds. The number of amides is 2. The van der Waals surface area contributed by atoms with E-state index in [1.165, 1.54) is 18.7 Å². The van der Waals surface area contributed by atoms with Crippen LogP contribution in [-0.4, -0.2) is 27.5 Å². The first-order chi connectivity index (χ1) is 11.5. The van der Waals surface area contributed by atoms with Gasteiger partial charge in [0.05, 0.1) is 5.75 Å². The van der Waals surface area contributed by atoms with Crippen molar-refractivity contribution in [1.82, 2.24) is 15.3 Å². The molecular weight excluding hydrogens is 342 g/mol. The fraction of sp³-hybridized carbons (Fsp3) is 0.176. The van der Waals surface area contributed by atoms with E-state index in [9.17, 15) is 9.59 Å². The smallest absolute Gasteiger partial charge is 0.236 e. The zero-order valence-corrected chi connectivity index (χ0v) is 14.8. The molecule has 5 nitrogen and oxygen atoms in total. The quantitative estimate of drug-likeness (QED) is 0.572. The second-order valence-electron chi connectivity index (χ2n) is 5.16. The topological polar surface area (TPSA) is 72.0 Å². The van der Waals surface area contributed by atoms with Gasteiger partial charge >= 0.3 is 0 Å². The molecule has 122 valence electrons. The first-order valence-corrected chi connectivity index (χ1v) is 9.10. The Bertz CT molecular complexity index is 907. The lowest BCUT2D eigenvalue weighted by atomic mass is 10.2. The summed E-state index contributed by atoms with van der Waals surface area (Å²) in [6.07, 6.45) is 0. The Labute approximate surface area is 147 Å². The van der Waals surface area contributed by atoms with E-state index in [2.05, 4.69) is 33.5 Å². The summed E-state index contributed by atoms with van der Waals surface area (Å²) in [5, 5.41) is 3.96. The van der Waals surface area contributed by atoms with Crippen LogP contribution in [0, 0.1) is 6.92 Å². The Kier molecular flexibility index (Phi) is 4.92. The zero-order chi connectivity index (χ0) is 17.1. The Morgan fingerprint density at radius 3 is 2.67 bits per heavy atom. The van der Waals surface area contributed by atoms with Crippen LogP contribution < -0.4 is 5.32 Å². The van der Waals surface area contributed by atoms with Crippen LogP contribution in [0.3, 0.4) is 0 Å². The minimum Gasteiger partial charge on any atom is -0.296 e. The van der Waals surface area contributed by atoms with Crippen LogP contribution in [0.1, 0.15) is 12.7 Å². The van der Waals surface area contributed by atoms with E-state index in [1.54, 1.807) is 11.3 Å². The van der Waals surface area contributed by atoms with Crippen LogP contribution in [0.5, 0.6) is 0 Å². The molecule has 0 atom stereocenters. The normalized spacial score (nSPS) is 10.8. The summed E-state index contributed by atoms with van der Waals surface area (Å²) in [6, 6.07) is 12.1. The van der Waals surface area contributed by atoms with Crippen molar-refractivity contribution in [2.24, 2.45) is 0 Å². The lowest BCUT2D eigenvalue weighted by Crippen LogP contribution is -2.29. The van der Waals surface area contributed by atoms with E-state index < -0.39 is 0 Å². The number of thiophene rings is 1. The lowest BCUT2D eigenvalue weighted by molar-refractivity contribution is -0.127. The van der Waals surface area contributed by atoms with E-state index in [0.29, 0.717) is 5.82 Å². The van der Waals surface area contributed by atoms with Gasteiger partial charge in [-0.2, -0.15) is 0 Å². The van der Waals surface area contributed by atoms with Crippen LogP contribution in [0.2, 0.25) is 0 Å². The van der Waals surface area contributed by atoms with Gasteiger partial charge in [0.15, 0.2) is 0 Å². The molecule has 0 saturated carbocycles. The summed E-state index contributed by atoms with van der Waals surface area (Å²) < 4.78 is 0. The number of nitrogens with one attached hydrogen (secondary N) is 1. The van der Waals surface area contributed by atoms with E-state index >= 15 is 0 Å². The third kappa shape index (κ3) is 3.80. The number of benzene rings is 1. The highest BCUT2D eigenvalue weighted by Gasteiger charge is 2.13. The summed E-state index contributed by atoms with van der Waals surface area (Å²) >= 11 is 2.92. The number of nitrogens with zero attached hydrogens (tertiary/aromatic N) is 2. The minimum absolute atomic E-state index is 0.141. The van der Waals surface area contributed by atoms with Crippen LogP contribution in [0.25, 0.3) is 20.7 Å². The third-order valence-corrected chi connectivity index (χ3v) is 5.25. The second kappa shape index (κ2) is 7.11. The van der Waals surface area contributed by atoms with Crippen molar-refractivity contribution in [3.05, 3.63) is 42.2 Å². The van der Waals surface area contributed by atoms with Gasteiger partial charge in [-0.05, 0) is 18.6 Å². The van der Waals surface area contributed by atoms with Crippen molar-refractivity contribution < 1.29 is 9.59 Å². The first-order valence-electron chi connectivity index (χ1n) is 7.30. The third-order valence-electron chi connectivity index (χ3n) is 3.18. The second-order valence-corrected chi connectivity index (χ2v) is 7.16. The Morgan fingerprint density at radius 2 is 1.96 bits per heavy atom. The number of hydrogen-bond acceptors (Lipinski definition) is 6.